The first kappa shape index (κ1) is 20.9. The lowest BCUT2D eigenvalue weighted by Crippen LogP contribution is -2.52. The van der Waals surface area contributed by atoms with Crippen LogP contribution in [-0.4, -0.2) is 71.2 Å². The molecule has 162 valence electrons. The summed E-state index contributed by atoms with van der Waals surface area (Å²) in [7, 11) is 0. The minimum atomic E-state index is -0.203. The number of carbonyl (C=O) groups is 3. The molecule has 1 aromatic rings. The van der Waals surface area contributed by atoms with E-state index in [0.717, 1.165) is 25.7 Å². The van der Waals surface area contributed by atoms with E-state index in [2.05, 4.69) is 12.1 Å². The molecule has 6 nitrogen and oxygen atoms in total. The molecular formula is C24H33N3O3. The molecule has 1 aliphatic carbocycles. The Balaban J connectivity index is 1.20. The molecule has 0 spiro atoms. The fourth-order valence-corrected chi connectivity index (χ4v) is 5.15. The molecule has 3 aliphatic rings. The van der Waals surface area contributed by atoms with E-state index in [0.29, 0.717) is 51.6 Å². The van der Waals surface area contributed by atoms with Gasteiger partial charge in [0.05, 0.1) is 5.92 Å². The van der Waals surface area contributed by atoms with Gasteiger partial charge in [-0.2, -0.15) is 0 Å². The van der Waals surface area contributed by atoms with Gasteiger partial charge in [0.15, 0.2) is 0 Å². The highest BCUT2D eigenvalue weighted by molar-refractivity contribution is 5.89. The molecule has 3 fully saturated rings. The first-order valence-electron chi connectivity index (χ1n) is 11.5. The molecule has 6 heteroatoms. The normalized spacial score (nSPS) is 22.7. The summed E-state index contributed by atoms with van der Waals surface area (Å²) in [5.41, 5.74) is 1.26. The van der Waals surface area contributed by atoms with Gasteiger partial charge in [-0.15, -0.1) is 0 Å². The minimum absolute atomic E-state index is 0.0972. The zero-order valence-corrected chi connectivity index (χ0v) is 17.8. The molecule has 1 unspecified atom stereocenters. The summed E-state index contributed by atoms with van der Waals surface area (Å²) in [4.78, 5) is 43.6. The summed E-state index contributed by atoms with van der Waals surface area (Å²) in [6.45, 7) is 2.95. The average molecular weight is 412 g/mol. The number of hydrogen-bond acceptors (Lipinski definition) is 3. The fraction of sp³-hybridized carbons (Fsp3) is 0.625. The molecule has 0 aromatic heterocycles. The van der Waals surface area contributed by atoms with Crippen LogP contribution < -0.4 is 0 Å². The van der Waals surface area contributed by atoms with Crippen molar-refractivity contribution in [3.8, 4) is 0 Å². The Morgan fingerprint density at radius 2 is 1.60 bits per heavy atom. The van der Waals surface area contributed by atoms with Gasteiger partial charge in [-0.3, -0.25) is 14.4 Å². The van der Waals surface area contributed by atoms with Crippen LogP contribution in [0.4, 0.5) is 0 Å². The van der Waals surface area contributed by atoms with Crippen LogP contribution in [0.5, 0.6) is 0 Å². The zero-order chi connectivity index (χ0) is 20.9. The molecule has 2 heterocycles. The molecule has 2 saturated heterocycles. The average Bonchev–Trinajstić information content (AvgIpc) is 3.43. The van der Waals surface area contributed by atoms with Gasteiger partial charge in [-0.1, -0.05) is 43.2 Å². The van der Waals surface area contributed by atoms with Gasteiger partial charge in [-0.25, -0.2) is 0 Å². The second-order valence-corrected chi connectivity index (χ2v) is 8.93. The van der Waals surface area contributed by atoms with Crippen LogP contribution in [0.15, 0.2) is 30.3 Å². The zero-order valence-electron chi connectivity index (χ0n) is 17.8. The van der Waals surface area contributed by atoms with Crippen LogP contribution >= 0.6 is 0 Å². The predicted molar refractivity (Wildman–Crippen MR) is 115 cm³/mol. The first-order valence-corrected chi connectivity index (χ1v) is 11.5. The maximum atomic E-state index is 13.0. The maximum absolute atomic E-state index is 13.0. The topological polar surface area (TPSA) is 60.9 Å². The van der Waals surface area contributed by atoms with Crippen molar-refractivity contribution in [2.75, 3.05) is 32.7 Å². The van der Waals surface area contributed by atoms with Gasteiger partial charge in [0, 0.05) is 51.6 Å². The van der Waals surface area contributed by atoms with E-state index in [-0.39, 0.29) is 23.6 Å². The Bertz CT molecular complexity index is 752. The number of amides is 3. The second-order valence-electron chi connectivity index (χ2n) is 8.93. The van der Waals surface area contributed by atoms with E-state index in [9.17, 15) is 14.4 Å². The third-order valence-electron chi connectivity index (χ3n) is 6.92. The SMILES string of the molecule is O=C(CCCc1ccccc1)N1CCN(C(=O)C2CC(=O)N(C3CCCC3)C2)CC1. The quantitative estimate of drug-likeness (QED) is 0.723. The highest BCUT2D eigenvalue weighted by Crippen LogP contribution is 2.30. The number of rotatable bonds is 6. The van der Waals surface area contributed by atoms with E-state index >= 15 is 0 Å². The van der Waals surface area contributed by atoms with Crippen molar-refractivity contribution < 1.29 is 14.4 Å². The summed E-state index contributed by atoms with van der Waals surface area (Å²) in [5.74, 6) is 0.222. The lowest BCUT2D eigenvalue weighted by atomic mass is 10.1. The Kier molecular flexibility index (Phi) is 6.70. The Morgan fingerprint density at radius 3 is 2.30 bits per heavy atom. The molecular weight excluding hydrogens is 378 g/mol. The first-order chi connectivity index (χ1) is 14.6. The predicted octanol–water partition coefficient (Wildman–Crippen LogP) is 2.47. The van der Waals surface area contributed by atoms with Gasteiger partial charge in [0.2, 0.25) is 17.7 Å². The molecule has 4 rings (SSSR count). The van der Waals surface area contributed by atoms with E-state index in [1.807, 2.05) is 32.9 Å². The molecule has 0 bridgehead atoms. The molecule has 3 amide bonds. The number of aryl methyl sites for hydroxylation is 1. The maximum Gasteiger partial charge on any atom is 0.228 e. The molecule has 1 saturated carbocycles. The number of hydrogen-bond donors (Lipinski definition) is 0. The summed E-state index contributed by atoms with van der Waals surface area (Å²) < 4.78 is 0. The van der Waals surface area contributed by atoms with Gasteiger partial charge in [-0.05, 0) is 31.2 Å². The van der Waals surface area contributed by atoms with Crippen LogP contribution in [0, 0.1) is 5.92 Å². The van der Waals surface area contributed by atoms with E-state index in [1.165, 1.54) is 18.4 Å². The Morgan fingerprint density at radius 1 is 0.933 bits per heavy atom. The van der Waals surface area contributed by atoms with E-state index in [1.54, 1.807) is 0 Å². The van der Waals surface area contributed by atoms with Crippen LogP contribution in [0.25, 0.3) is 0 Å². The summed E-state index contributed by atoms with van der Waals surface area (Å²) in [6, 6.07) is 10.6. The number of carbonyl (C=O) groups excluding carboxylic acids is 3. The lowest BCUT2D eigenvalue weighted by molar-refractivity contribution is -0.142. The fourth-order valence-electron chi connectivity index (χ4n) is 5.15. The van der Waals surface area contributed by atoms with Gasteiger partial charge < -0.3 is 14.7 Å². The highest BCUT2D eigenvalue weighted by atomic mass is 16.2. The van der Waals surface area contributed by atoms with Crippen LogP contribution in [0.1, 0.15) is 50.5 Å². The molecule has 0 radical (unpaired) electrons. The van der Waals surface area contributed by atoms with Crippen molar-refractivity contribution >= 4 is 17.7 Å². The van der Waals surface area contributed by atoms with Gasteiger partial charge >= 0.3 is 0 Å². The third-order valence-corrected chi connectivity index (χ3v) is 6.92. The molecule has 2 aliphatic heterocycles. The number of nitrogens with zero attached hydrogens (tertiary/aromatic N) is 3. The van der Waals surface area contributed by atoms with Crippen LogP contribution in [0.2, 0.25) is 0 Å². The summed E-state index contributed by atoms with van der Waals surface area (Å²) in [6.07, 6.45) is 7.21. The van der Waals surface area contributed by atoms with Crippen molar-refractivity contribution in [3.05, 3.63) is 35.9 Å². The number of piperazine rings is 1. The van der Waals surface area contributed by atoms with E-state index < -0.39 is 0 Å². The highest BCUT2D eigenvalue weighted by Gasteiger charge is 2.40. The largest absolute Gasteiger partial charge is 0.339 e. The van der Waals surface area contributed by atoms with E-state index in [4.69, 9.17) is 0 Å². The minimum Gasteiger partial charge on any atom is -0.339 e. The molecule has 30 heavy (non-hydrogen) atoms. The second kappa shape index (κ2) is 9.63. The molecule has 1 atom stereocenters. The lowest BCUT2D eigenvalue weighted by Gasteiger charge is -2.36. The van der Waals surface area contributed by atoms with Gasteiger partial charge in [0.1, 0.15) is 0 Å². The standard InChI is InChI=1S/C24H33N3O3/c28-22(12-6-9-19-7-2-1-3-8-19)25-13-15-26(16-14-25)24(30)20-17-23(29)27(18-20)21-10-4-5-11-21/h1-3,7-8,20-21H,4-6,9-18H2. The van der Waals surface area contributed by atoms with Gasteiger partial charge in [0.25, 0.3) is 0 Å². The van der Waals surface area contributed by atoms with Crippen LogP contribution in [0.3, 0.4) is 0 Å². The smallest absolute Gasteiger partial charge is 0.228 e. The number of likely N-dealkylation sites (tertiary alicyclic amines) is 1. The van der Waals surface area contributed by atoms with Crippen LogP contribution in [-0.2, 0) is 20.8 Å². The summed E-state index contributed by atoms with van der Waals surface area (Å²) in [5, 5.41) is 0. The Hall–Kier alpha value is -2.37. The number of benzene rings is 1. The molecule has 1 aromatic carbocycles. The van der Waals surface area contributed by atoms with Crippen molar-refractivity contribution in [2.45, 2.75) is 57.4 Å². The third kappa shape index (κ3) is 4.85. The van der Waals surface area contributed by atoms with Crippen molar-refractivity contribution in [1.82, 2.24) is 14.7 Å². The van der Waals surface area contributed by atoms with Crippen molar-refractivity contribution in [2.24, 2.45) is 5.92 Å². The van der Waals surface area contributed by atoms with Crippen molar-refractivity contribution in [3.63, 3.8) is 0 Å². The van der Waals surface area contributed by atoms with Crippen molar-refractivity contribution in [1.29, 1.82) is 0 Å². The summed E-state index contributed by atoms with van der Waals surface area (Å²) >= 11 is 0. The molecule has 0 N–H and O–H groups in total. The monoisotopic (exact) mass is 411 g/mol. The Labute approximate surface area is 179 Å².